The number of para-hydroxylation sites is 2. The number of hydrogen-bond acceptors (Lipinski definition) is 4. The fourth-order valence-electron chi connectivity index (χ4n) is 5.41. The van der Waals surface area contributed by atoms with Crippen LogP contribution < -0.4 is 9.47 Å². The lowest BCUT2D eigenvalue weighted by molar-refractivity contribution is 0.119. The molecule has 0 heterocycles. The molecule has 2 N–H and O–H groups in total. The van der Waals surface area contributed by atoms with Gasteiger partial charge in [-0.15, -0.1) is 0 Å². The Morgan fingerprint density at radius 2 is 1.31 bits per heavy atom. The summed E-state index contributed by atoms with van der Waals surface area (Å²) in [6, 6.07) is 16.4. The van der Waals surface area contributed by atoms with Crippen LogP contribution in [0.1, 0.15) is 51.2 Å². The van der Waals surface area contributed by atoms with E-state index in [2.05, 4.69) is 45.0 Å². The van der Waals surface area contributed by atoms with Gasteiger partial charge in [0.2, 0.25) is 0 Å². The van der Waals surface area contributed by atoms with E-state index in [0.717, 1.165) is 35.5 Å². The van der Waals surface area contributed by atoms with Crippen LogP contribution in [0.15, 0.2) is 48.5 Å². The molecular weight excluding hydrogens is 364 g/mol. The van der Waals surface area contributed by atoms with Gasteiger partial charge >= 0.3 is 0 Å². The molecule has 4 heteroatoms. The number of benzene rings is 2. The predicted octanol–water partition coefficient (Wildman–Crippen LogP) is 4.56. The molecule has 1 atom stereocenters. The van der Waals surface area contributed by atoms with Crippen LogP contribution in [0.2, 0.25) is 0 Å². The molecule has 1 unspecified atom stereocenters. The van der Waals surface area contributed by atoms with E-state index >= 15 is 0 Å². The Kier molecular flexibility index (Phi) is 6.86. The minimum Gasteiger partial charge on any atom is -0.491 e. The smallest absolute Gasteiger partial charge is 0.123 e. The average molecular weight is 399 g/mol. The molecule has 0 aromatic heterocycles. The molecule has 2 aromatic carbocycles. The van der Waals surface area contributed by atoms with Crippen LogP contribution in [0.25, 0.3) is 0 Å². The number of aliphatic hydroxyl groups excluding tert-OH is 2. The summed E-state index contributed by atoms with van der Waals surface area (Å²) in [5.74, 6) is 2.18. The Hall–Kier alpha value is -2.04. The molecule has 3 rings (SSSR count). The van der Waals surface area contributed by atoms with Gasteiger partial charge in [0.25, 0.3) is 0 Å². The second-order valence-electron chi connectivity index (χ2n) is 9.07. The first-order valence-electron chi connectivity index (χ1n) is 10.6. The second-order valence-corrected chi connectivity index (χ2v) is 9.07. The van der Waals surface area contributed by atoms with Crippen molar-refractivity contribution < 1.29 is 19.7 Å². The molecule has 1 aliphatic carbocycles. The summed E-state index contributed by atoms with van der Waals surface area (Å²) < 4.78 is 12.0. The topological polar surface area (TPSA) is 58.9 Å². The van der Waals surface area contributed by atoms with E-state index in [-0.39, 0.29) is 37.3 Å². The van der Waals surface area contributed by atoms with Crippen LogP contribution in [0.4, 0.5) is 0 Å². The van der Waals surface area contributed by atoms with Crippen LogP contribution >= 0.6 is 0 Å². The van der Waals surface area contributed by atoms with E-state index in [4.69, 9.17) is 9.47 Å². The summed E-state index contributed by atoms with van der Waals surface area (Å²) in [4.78, 5) is 0. The maximum absolute atomic E-state index is 9.31. The normalized spacial score (nSPS) is 20.2. The zero-order valence-electron chi connectivity index (χ0n) is 17.9. The third-order valence-corrected chi connectivity index (χ3v) is 5.88. The van der Waals surface area contributed by atoms with Crippen molar-refractivity contribution in [3.8, 4) is 11.5 Å². The fourth-order valence-corrected chi connectivity index (χ4v) is 5.41. The van der Waals surface area contributed by atoms with Gasteiger partial charge in [-0.25, -0.2) is 0 Å². The Labute approximate surface area is 174 Å². The standard InChI is InChI=1S/C25H34O4/c1-19-16-24(2,3)18-25(17-19,20-8-4-6-10-22(20)28-14-12-26)21-9-5-7-11-23(21)29-15-13-27/h4-11,19,26-27H,12-18H2,1-3H3. The zero-order chi connectivity index (χ0) is 20.9. The van der Waals surface area contributed by atoms with Gasteiger partial charge in [-0.1, -0.05) is 57.2 Å². The van der Waals surface area contributed by atoms with E-state index in [1.54, 1.807) is 0 Å². The Morgan fingerprint density at radius 3 is 1.76 bits per heavy atom. The highest BCUT2D eigenvalue weighted by Crippen LogP contribution is 2.56. The molecule has 0 aliphatic heterocycles. The number of rotatable bonds is 8. The van der Waals surface area contributed by atoms with E-state index < -0.39 is 0 Å². The van der Waals surface area contributed by atoms with Crippen molar-refractivity contribution in [3.05, 3.63) is 59.7 Å². The summed E-state index contributed by atoms with van der Waals surface area (Å²) in [5, 5.41) is 18.6. The number of hydrogen-bond donors (Lipinski definition) is 2. The molecular formula is C25H34O4. The molecule has 0 spiro atoms. The molecule has 1 aliphatic rings. The molecule has 29 heavy (non-hydrogen) atoms. The highest BCUT2D eigenvalue weighted by Gasteiger charge is 2.47. The average Bonchev–Trinajstić information content (AvgIpc) is 2.69. The monoisotopic (exact) mass is 398 g/mol. The molecule has 0 radical (unpaired) electrons. The molecule has 0 bridgehead atoms. The molecule has 1 fully saturated rings. The Balaban J connectivity index is 2.20. The van der Waals surface area contributed by atoms with Crippen molar-refractivity contribution in [2.45, 2.75) is 45.4 Å². The summed E-state index contributed by atoms with van der Waals surface area (Å²) in [6.07, 6.45) is 3.15. The van der Waals surface area contributed by atoms with Gasteiger partial charge in [0, 0.05) is 16.5 Å². The van der Waals surface area contributed by atoms with Gasteiger partial charge in [-0.2, -0.15) is 0 Å². The van der Waals surface area contributed by atoms with Gasteiger partial charge in [-0.05, 0) is 42.7 Å². The lowest BCUT2D eigenvalue weighted by Gasteiger charge is -2.49. The van der Waals surface area contributed by atoms with Gasteiger partial charge < -0.3 is 19.7 Å². The van der Waals surface area contributed by atoms with Crippen molar-refractivity contribution in [3.63, 3.8) is 0 Å². The van der Waals surface area contributed by atoms with Gasteiger partial charge in [0.15, 0.2) is 0 Å². The van der Waals surface area contributed by atoms with E-state index in [9.17, 15) is 10.2 Å². The summed E-state index contributed by atoms with van der Waals surface area (Å²) in [7, 11) is 0. The molecule has 4 nitrogen and oxygen atoms in total. The van der Waals surface area contributed by atoms with Gasteiger partial charge in [-0.3, -0.25) is 0 Å². The largest absolute Gasteiger partial charge is 0.491 e. The summed E-state index contributed by atoms with van der Waals surface area (Å²) in [6.45, 7) is 7.52. The van der Waals surface area contributed by atoms with Gasteiger partial charge in [0.05, 0.1) is 13.2 Å². The second kappa shape index (κ2) is 9.19. The first kappa shape index (κ1) is 21.7. The Bertz CT molecular complexity index is 747. The minimum absolute atomic E-state index is 0.0145. The SMILES string of the molecule is CC1CC(C)(C)CC(c2ccccc2OCCO)(c2ccccc2OCCO)C1. The number of aliphatic hydroxyl groups is 2. The molecule has 158 valence electrons. The zero-order valence-corrected chi connectivity index (χ0v) is 17.9. The third kappa shape index (κ3) is 4.76. The van der Waals surface area contributed by atoms with Crippen molar-refractivity contribution >= 4 is 0 Å². The van der Waals surface area contributed by atoms with Crippen molar-refractivity contribution in [1.29, 1.82) is 0 Å². The summed E-state index contributed by atoms with van der Waals surface area (Å²) in [5.41, 5.74) is 2.19. The van der Waals surface area contributed by atoms with Crippen LogP contribution in [0.3, 0.4) is 0 Å². The first-order valence-corrected chi connectivity index (χ1v) is 10.6. The highest BCUT2D eigenvalue weighted by atomic mass is 16.5. The van der Waals surface area contributed by atoms with Crippen LogP contribution in [-0.4, -0.2) is 36.6 Å². The van der Waals surface area contributed by atoms with Crippen molar-refractivity contribution in [2.24, 2.45) is 11.3 Å². The third-order valence-electron chi connectivity index (χ3n) is 5.88. The maximum atomic E-state index is 9.31. The maximum Gasteiger partial charge on any atom is 0.123 e. The first-order chi connectivity index (χ1) is 13.9. The van der Waals surface area contributed by atoms with Crippen molar-refractivity contribution in [1.82, 2.24) is 0 Å². The van der Waals surface area contributed by atoms with E-state index in [0.29, 0.717) is 5.92 Å². The van der Waals surface area contributed by atoms with E-state index in [1.807, 2.05) is 24.3 Å². The lowest BCUT2D eigenvalue weighted by atomic mass is 9.55. The van der Waals surface area contributed by atoms with Crippen LogP contribution in [-0.2, 0) is 5.41 Å². The van der Waals surface area contributed by atoms with Crippen molar-refractivity contribution in [2.75, 3.05) is 26.4 Å². The molecule has 0 amide bonds. The Morgan fingerprint density at radius 1 is 0.828 bits per heavy atom. The highest BCUT2D eigenvalue weighted by molar-refractivity contribution is 5.52. The van der Waals surface area contributed by atoms with E-state index in [1.165, 1.54) is 6.42 Å². The molecule has 0 saturated heterocycles. The fraction of sp³-hybridized carbons (Fsp3) is 0.520. The molecule has 1 saturated carbocycles. The van der Waals surface area contributed by atoms with Crippen LogP contribution in [0.5, 0.6) is 11.5 Å². The lowest BCUT2D eigenvalue weighted by Crippen LogP contribution is -2.41. The molecule has 2 aromatic rings. The summed E-state index contributed by atoms with van der Waals surface area (Å²) >= 11 is 0. The minimum atomic E-state index is -0.265. The quantitative estimate of drug-likeness (QED) is 0.684. The van der Waals surface area contributed by atoms with Gasteiger partial charge in [0.1, 0.15) is 24.7 Å². The van der Waals surface area contributed by atoms with Crippen LogP contribution in [0, 0.1) is 11.3 Å². The number of ether oxygens (including phenoxy) is 2. The predicted molar refractivity (Wildman–Crippen MR) is 116 cm³/mol.